The van der Waals surface area contributed by atoms with Crippen LogP contribution in [0.5, 0.6) is 0 Å². The van der Waals surface area contributed by atoms with Crippen molar-refractivity contribution in [1.82, 2.24) is 0 Å². The third-order valence-electron chi connectivity index (χ3n) is 11.9. The van der Waals surface area contributed by atoms with Crippen molar-refractivity contribution in [1.29, 1.82) is 0 Å². The highest BCUT2D eigenvalue weighted by molar-refractivity contribution is 7.26. The zero-order valence-electron chi connectivity index (χ0n) is 32.0. The van der Waals surface area contributed by atoms with Crippen LogP contribution in [0.1, 0.15) is 0 Å². The zero-order valence-corrected chi connectivity index (χ0v) is 32.8. The topological polar surface area (TPSA) is 16.4 Å². The van der Waals surface area contributed by atoms with Crippen molar-refractivity contribution in [3.63, 3.8) is 0 Å². The van der Waals surface area contributed by atoms with Crippen LogP contribution in [0.15, 0.2) is 217 Å². The predicted octanol–water partition coefficient (Wildman–Crippen LogP) is 16.7. The van der Waals surface area contributed by atoms with E-state index >= 15 is 0 Å². The van der Waals surface area contributed by atoms with Crippen molar-refractivity contribution in [3.05, 3.63) is 212 Å². The third-order valence-corrected chi connectivity index (χ3v) is 13.1. The molecule has 0 spiro atoms. The second-order valence-corrected chi connectivity index (χ2v) is 16.3. The fourth-order valence-electron chi connectivity index (χ4n) is 9.09. The molecule has 276 valence electrons. The largest absolute Gasteiger partial charge is 0.455 e. The average molecular weight is 770 g/mol. The molecule has 0 saturated carbocycles. The smallest absolute Gasteiger partial charge is 0.143 e. The summed E-state index contributed by atoms with van der Waals surface area (Å²) in [6, 6.07) is 76.9. The van der Waals surface area contributed by atoms with Crippen LogP contribution in [-0.4, -0.2) is 0 Å². The maximum atomic E-state index is 6.60. The van der Waals surface area contributed by atoms with E-state index in [1.54, 1.807) is 0 Å². The van der Waals surface area contributed by atoms with Gasteiger partial charge in [0.15, 0.2) is 0 Å². The third kappa shape index (κ3) is 5.55. The van der Waals surface area contributed by atoms with Crippen molar-refractivity contribution < 1.29 is 4.42 Å². The van der Waals surface area contributed by atoms with Gasteiger partial charge < -0.3 is 9.32 Å². The molecule has 0 N–H and O–H groups in total. The summed E-state index contributed by atoms with van der Waals surface area (Å²) in [6.45, 7) is 0. The van der Waals surface area contributed by atoms with E-state index in [1.165, 1.54) is 58.6 Å². The van der Waals surface area contributed by atoms with E-state index in [4.69, 9.17) is 4.42 Å². The van der Waals surface area contributed by atoms with Crippen molar-refractivity contribution in [2.24, 2.45) is 0 Å². The minimum Gasteiger partial charge on any atom is -0.455 e. The molecule has 2 nitrogen and oxygen atoms in total. The van der Waals surface area contributed by atoms with Crippen LogP contribution in [-0.2, 0) is 0 Å². The molecule has 0 bridgehead atoms. The predicted molar refractivity (Wildman–Crippen MR) is 253 cm³/mol. The van der Waals surface area contributed by atoms with Crippen molar-refractivity contribution in [3.8, 4) is 33.4 Å². The Labute approximate surface area is 345 Å². The molecule has 0 fully saturated rings. The van der Waals surface area contributed by atoms with E-state index in [1.807, 2.05) is 11.3 Å². The van der Waals surface area contributed by atoms with Crippen LogP contribution in [0.3, 0.4) is 0 Å². The van der Waals surface area contributed by atoms with Gasteiger partial charge in [0.2, 0.25) is 0 Å². The van der Waals surface area contributed by atoms with Crippen LogP contribution in [0, 0.1) is 0 Å². The molecule has 2 heterocycles. The lowest BCUT2D eigenvalue weighted by Gasteiger charge is -2.26. The zero-order chi connectivity index (χ0) is 38.9. The first-order chi connectivity index (χ1) is 29.2. The number of fused-ring (bicyclic) bond motifs is 9. The van der Waals surface area contributed by atoms with Gasteiger partial charge in [-0.2, -0.15) is 0 Å². The van der Waals surface area contributed by atoms with Gasteiger partial charge in [-0.3, -0.25) is 0 Å². The molecule has 0 radical (unpaired) electrons. The molecule has 0 saturated heterocycles. The Morgan fingerprint density at radius 3 is 1.76 bits per heavy atom. The maximum Gasteiger partial charge on any atom is 0.143 e. The first-order valence-electron chi connectivity index (χ1n) is 20.1. The lowest BCUT2D eigenvalue weighted by atomic mass is 9.97. The number of hydrogen-bond donors (Lipinski definition) is 0. The van der Waals surface area contributed by atoms with E-state index in [2.05, 4.69) is 217 Å². The number of anilines is 3. The molecule has 59 heavy (non-hydrogen) atoms. The Balaban J connectivity index is 0.998. The normalized spacial score (nSPS) is 11.7. The highest BCUT2D eigenvalue weighted by Crippen LogP contribution is 2.44. The second-order valence-electron chi connectivity index (χ2n) is 15.2. The molecule has 3 heteroatoms. The minimum absolute atomic E-state index is 0.893. The maximum absolute atomic E-state index is 6.60. The standard InChI is InChI=1S/C56H35NOS/c1-3-16-44-36(11-1)13-8-19-45(44)38-25-30-41(31-26-38)57(42-32-27-39(28-33-42)48-21-9-22-50-49-18-5-6-24-53(49)59-56(48)50)43-15-7-14-40(35-43)46-20-10-23-52-54(46)51-34-29-37-12-2-4-17-47(37)55(51)58-52/h1-35H. The van der Waals surface area contributed by atoms with Gasteiger partial charge >= 0.3 is 0 Å². The summed E-state index contributed by atoms with van der Waals surface area (Å²) < 4.78 is 9.24. The molecular weight excluding hydrogens is 735 g/mol. The van der Waals surface area contributed by atoms with Gasteiger partial charge in [-0.05, 0) is 104 Å². The molecule has 12 rings (SSSR count). The monoisotopic (exact) mass is 769 g/mol. The molecule has 0 aliphatic carbocycles. The van der Waals surface area contributed by atoms with Crippen LogP contribution in [0.2, 0.25) is 0 Å². The number of rotatable bonds is 6. The average Bonchev–Trinajstić information content (AvgIpc) is 3.89. The molecule has 0 unspecified atom stereocenters. The summed E-state index contributed by atoms with van der Waals surface area (Å²) in [5.74, 6) is 0. The van der Waals surface area contributed by atoms with E-state index in [-0.39, 0.29) is 0 Å². The summed E-state index contributed by atoms with van der Waals surface area (Å²) in [5, 5.41) is 9.70. The first kappa shape index (κ1) is 33.7. The summed E-state index contributed by atoms with van der Waals surface area (Å²) in [4.78, 5) is 2.38. The fourth-order valence-corrected chi connectivity index (χ4v) is 10.3. The molecule has 0 amide bonds. The van der Waals surface area contributed by atoms with Crippen LogP contribution in [0.25, 0.3) is 97.0 Å². The fraction of sp³-hybridized carbons (Fsp3) is 0. The highest BCUT2D eigenvalue weighted by Gasteiger charge is 2.19. The minimum atomic E-state index is 0.893. The summed E-state index contributed by atoms with van der Waals surface area (Å²) in [6.07, 6.45) is 0. The summed E-state index contributed by atoms with van der Waals surface area (Å²) in [5.41, 5.74) is 12.3. The molecule has 2 aromatic heterocycles. The molecule has 12 aromatic rings. The van der Waals surface area contributed by atoms with E-state index < -0.39 is 0 Å². The van der Waals surface area contributed by atoms with Crippen LogP contribution in [0.4, 0.5) is 17.1 Å². The number of hydrogen-bond acceptors (Lipinski definition) is 3. The van der Waals surface area contributed by atoms with Crippen molar-refractivity contribution in [2.45, 2.75) is 0 Å². The molecule has 0 aliphatic heterocycles. The number of thiophene rings is 1. The van der Waals surface area contributed by atoms with Gasteiger partial charge in [-0.25, -0.2) is 0 Å². The quantitative estimate of drug-likeness (QED) is 0.167. The lowest BCUT2D eigenvalue weighted by Crippen LogP contribution is -2.10. The second kappa shape index (κ2) is 13.6. The first-order valence-corrected chi connectivity index (χ1v) is 20.9. The van der Waals surface area contributed by atoms with Gasteiger partial charge in [0.1, 0.15) is 11.2 Å². The van der Waals surface area contributed by atoms with Gasteiger partial charge in [0.05, 0.1) is 0 Å². The van der Waals surface area contributed by atoms with Crippen molar-refractivity contribution >= 4 is 92.1 Å². The highest BCUT2D eigenvalue weighted by atomic mass is 32.1. The Hall–Kier alpha value is -7.46. The van der Waals surface area contributed by atoms with Gasteiger partial charge in [-0.1, -0.05) is 158 Å². The van der Waals surface area contributed by atoms with E-state index in [0.29, 0.717) is 0 Å². The molecule has 0 aliphatic rings. The van der Waals surface area contributed by atoms with Crippen LogP contribution >= 0.6 is 11.3 Å². The molecule has 0 atom stereocenters. The number of furan rings is 1. The summed E-state index contributed by atoms with van der Waals surface area (Å²) in [7, 11) is 0. The van der Waals surface area contributed by atoms with Gasteiger partial charge in [0, 0.05) is 53.4 Å². The Morgan fingerprint density at radius 1 is 0.356 bits per heavy atom. The summed E-state index contributed by atoms with van der Waals surface area (Å²) >= 11 is 1.87. The Bertz CT molecular complexity index is 3550. The van der Waals surface area contributed by atoms with Crippen LogP contribution < -0.4 is 4.90 Å². The lowest BCUT2D eigenvalue weighted by molar-refractivity contribution is 0.673. The SMILES string of the molecule is c1cc(-c2cccc3oc4c5ccccc5ccc4c23)cc(N(c2ccc(-c3cccc4ccccc34)cc2)c2ccc(-c3cccc4c3sc3ccccc34)cc2)c1. The number of benzene rings is 10. The van der Waals surface area contributed by atoms with E-state index in [9.17, 15) is 0 Å². The molecular formula is C56H35NOS. The van der Waals surface area contributed by atoms with E-state index in [0.717, 1.165) is 55.5 Å². The Morgan fingerprint density at radius 2 is 0.949 bits per heavy atom. The Kier molecular flexibility index (Phi) is 7.75. The van der Waals surface area contributed by atoms with Crippen molar-refractivity contribution in [2.75, 3.05) is 4.90 Å². The molecule has 10 aromatic carbocycles. The van der Waals surface area contributed by atoms with Gasteiger partial charge in [-0.15, -0.1) is 11.3 Å². The van der Waals surface area contributed by atoms with Gasteiger partial charge in [0.25, 0.3) is 0 Å². The number of nitrogens with zero attached hydrogens (tertiary/aromatic N) is 1.